The number of hydrogen-bond acceptors (Lipinski definition) is 6. The summed E-state index contributed by atoms with van der Waals surface area (Å²) in [4.78, 5) is 35.6. The van der Waals surface area contributed by atoms with E-state index in [1.54, 1.807) is 31.2 Å². The third-order valence-electron chi connectivity index (χ3n) is 4.25. The minimum Gasteiger partial charge on any atom is -0.454 e. The lowest BCUT2D eigenvalue weighted by molar-refractivity contribution is -0.149. The number of carbonyl (C=O) groups is 2. The number of esters is 1. The lowest BCUT2D eigenvalue weighted by Gasteiger charge is -2.22. The Kier molecular flexibility index (Phi) is 4.31. The first-order valence-electron chi connectivity index (χ1n) is 7.89. The second kappa shape index (κ2) is 6.43. The largest absolute Gasteiger partial charge is 0.454 e. The zero-order valence-corrected chi connectivity index (χ0v) is 13.7. The minimum absolute atomic E-state index is 0.132. The van der Waals surface area contributed by atoms with E-state index in [1.165, 1.54) is 0 Å². The number of amides is 1. The van der Waals surface area contributed by atoms with Crippen LogP contribution in [-0.4, -0.2) is 28.6 Å². The van der Waals surface area contributed by atoms with Crippen molar-refractivity contribution in [2.24, 2.45) is 5.92 Å². The van der Waals surface area contributed by atoms with Crippen molar-refractivity contribution in [3.63, 3.8) is 0 Å². The van der Waals surface area contributed by atoms with Gasteiger partial charge in [-0.05, 0) is 37.8 Å². The predicted octanol–water partition coefficient (Wildman–Crippen LogP) is 0.946. The number of hydrogen-bond donors (Lipinski definition) is 1. The highest BCUT2D eigenvalue weighted by Crippen LogP contribution is 2.39. The van der Waals surface area contributed by atoms with Crippen LogP contribution in [0.2, 0.25) is 0 Å². The Hall–Kier alpha value is -3.08. The maximum Gasteiger partial charge on any atom is 0.420 e. The van der Waals surface area contributed by atoms with Crippen molar-refractivity contribution in [2.45, 2.75) is 31.8 Å². The number of fused-ring (bicyclic) bond motifs is 1. The predicted molar refractivity (Wildman–Crippen MR) is 86.3 cm³/mol. The number of ether oxygens (including phenoxy) is 1. The van der Waals surface area contributed by atoms with Gasteiger partial charge in [0.25, 0.3) is 5.91 Å². The van der Waals surface area contributed by atoms with E-state index in [9.17, 15) is 19.6 Å². The summed E-state index contributed by atoms with van der Waals surface area (Å²) in [6.07, 6.45) is 1.78. The van der Waals surface area contributed by atoms with Gasteiger partial charge in [0.2, 0.25) is 0 Å². The summed E-state index contributed by atoms with van der Waals surface area (Å²) < 4.78 is 11.1. The molecule has 2 aromatic rings. The van der Waals surface area contributed by atoms with Gasteiger partial charge in [-0.2, -0.15) is 5.26 Å². The fraction of sp³-hybridized carbons (Fsp3) is 0.412. The Morgan fingerprint density at radius 1 is 1.44 bits per heavy atom. The number of nitriles is 1. The molecule has 1 aromatic heterocycles. The highest BCUT2D eigenvalue weighted by molar-refractivity contribution is 5.82. The third kappa shape index (κ3) is 3.55. The summed E-state index contributed by atoms with van der Waals surface area (Å²) in [5.41, 5.74) is -0.103. The van der Waals surface area contributed by atoms with Gasteiger partial charge in [-0.15, -0.1) is 0 Å². The smallest absolute Gasteiger partial charge is 0.420 e. The topological polar surface area (TPSA) is 114 Å². The van der Waals surface area contributed by atoms with E-state index >= 15 is 0 Å². The summed E-state index contributed by atoms with van der Waals surface area (Å²) >= 11 is 0. The molecular weight excluding hydrogens is 326 g/mol. The van der Waals surface area contributed by atoms with Crippen LogP contribution in [0.1, 0.15) is 19.8 Å². The number of nitrogens with one attached hydrogen (secondary N) is 1. The van der Waals surface area contributed by atoms with Crippen molar-refractivity contribution >= 4 is 23.0 Å². The Morgan fingerprint density at radius 3 is 2.84 bits per heavy atom. The molecular formula is C17H17N3O5. The number of oxazole rings is 1. The van der Waals surface area contributed by atoms with Crippen LogP contribution in [0.15, 0.2) is 33.5 Å². The molecule has 1 aromatic carbocycles. The monoisotopic (exact) mass is 343 g/mol. The molecule has 1 N–H and O–H groups in total. The zero-order valence-electron chi connectivity index (χ0n) is 13.7. The van der Waals surface area contributed by atoms with Gasteiger partial charge in [-0.25, -0.2) is 4.79 Å². The van der Waals surface area contributed by atoms with Crippen molar-refractivity contribution in [2.75, 3.05) is 6.61 Å². The molecule has 0 bridgehead atoms. The number of nitrogens with zero attached hydrogens (tertiary/aromatic N) is 2. The van der Waals surface area contributed by atoms with E-state index in [1.807, 2.05) is 0 Å². The van der Waals surface area contributed by atoms with Crippen LogP contribution >= 0.6 is 0 Å². The number of aromatic nitrogens is 1. The molecule has 0 aliphatic heterocycles. The fourth-order valence-electron chi connectivity index (χ4n) is 2.69. The van der Waals surface area contributed by atoms with Crippen molar-refractivity contribution in [3.8, 4) is 6.07 Å². The lowest BCUT2D eigenvalue weighted by Crippen LogP contribution is -2.48. The summed E-state index contributed by atoms with van der Waals surface area (Å²) in [6, 6.07) is 8.79. The quantitative estimate of drug-likeness (QED) is 0.781. The second-order valence-electron chi connectivity index (χ2n) is 6.22. The summed E-state index contributed by atoms with van der Waals surface area (Å²) in [5, 5.41) is 11.8. The molecule has 25 heavy (non-hydrogen) atoms. The maximum absolute atomic E-state index is 11.9. The molecule has 1 aliphatic rings. The first-order valence-corrected chi connectivity index (χ1v) is 7.89. The van der Waals surface area contributed by atoms with Gasteiger partial charge in [-0.3, -0.25) is 14.2 Å². The van der Waals surface area contributed by atoms with Crippen molar-refractivity contribution < 1.29 is 18.7 Å². The average molecular weight is 343 g/mol. The molecule has 1 atom stereocenters. The van der Waals surface area contributed by atoms with Gasteiger partial charge in [-0.1, -0.05) is 12.1 Å². The summed E-state index contributed by atoms with van der Waals surface area (Å²) in [7, 11) is 0. The number of rotatable bonds is 6. The van der Waals surface area contributed by atoms with E-state index in [0.717, 1.165) is 17.4 Å². The van der Waals surface area contributed by atoms with Crippen molar-refractivity contribution in [1.29, 1.82) is 5.26 Å². The normalized spacial score (nSPS) is 16.0. The minimum atomic E-state index is -0.943. The molecule has 0 saturated heterocycles. The van der Waals surface area contributed by atoms with Crippen LogP contribution in [-0.2, 0) is 20.9 Å². The number of benzene rings is 1. The molecule has 1 aliphatic carbocycles. The van der Waals surface area contributed by atoms with Crippen molar-refractivity contribution in [1.82, 2.24) is 9.88 Å². The van der Waals surface area contributed by atoms with E-state index in [2.05, 4.69) is 11.4 Å². The lowest BCUT2D eigenvalue weighted by atomic mass is 9.98. The molecule has 1 unspecified atom stereocenters. The summed E-state index contributed by atoms with van der Waals surface area (Å²) in [5.74, 6) is -1.83. The van der Waals surface area contributed by atoms with E-state index in [4.69, 9.17) is 9.15 Å². The van der Waals surface area contributed by atoms with Gasteiger partial charge in [0.15, 0.2) is 12.2 Å². The van der Waals surface area contributed by atoms with E-state index < -0.39 is 29.8 Å². The van der Waals surface area contributed by atoms with Crippen LogP contribution in [0.4, 0.5) is 0 Å². The molecule has 130 valence electrons. The van der Waals surface area contributed by atoms with Crippen molar-refractivity contribution in [3.05, 3.63) is 34.8 Å². The molecule has 0 spiro atoms. The average Bonchev–Trinajstić information content (AvgIpc) is 3.40. The van der Waals surface area contributed by atoms with Crippen LogP contribution in [0.3, 0.4) is 0 Å². The van der Waals surface area contributed by atoms with Gasteiger partial charge in [0.1, 0.15) is 12.1 Å². The molecule has 1 amide bonds. The number of para-hydroxylation sites is 2. The molecule has 1 saturated carbocycles. The maximum atomic E-state index is 11.9. The highest BCUT2D eigenvalue weighted by atomic mass is 16.5. The first-order chi connectivity index (χ1) is 11.9. The molecule has 8 heteroatoms. The Bertz CT molecular complexity index is 918. The second-order valence-corrected chi connectivity index (χ2v) is 6.22. The van der Waals surface area contributed by atoms with Gasteiger partial charge in [0, 0.05) is 0 Å². The molecule has 0 radical (unpaired) electrons. The van der Waals surface area contributed by atoms with Crippen LogP contribution in [0.5, 0.6) is 0 Å². The van der Waals surface area contributed by atoms with Crippen LogP contribution in [0, 0.1) is 17.2 Å². The van der Waals surface area contributed by atoms with Crippen LogP contribution < -0.4 is 11.1 Å². The Labute approximate surface area is 143 Å². The zero-order chi connectivity index (χ0) is 18.0. The standard InChI is InChI=1S/C17H17N3O5/c1-17(10-18,11-6-7-11)19-14(21)9-24-15(22)8-20-12-4-2-3-5-13(12)25-16(20)23/h2-5,11H,6-9H2,1H3,(H,19,21). The fourth-order valence-corrected chi connectivity index (χ4v) is 2.69. The molecule has 3 rings (SSSR count). The van der Waals surface area contributed by atoms with Crippen LogP contribution in [0.25, 0.3) is 11.1 Å². The first kappa shape index (κ1) is 16.8. The Balaban J connectivity index is 1.58. The van der Waals surface area contributed by atoms with E-state index in [-0.39, 0.29) is 12.5 Å². The molecule has 8 nitrogen and oxygen atoms in total. The summed E-state index contributed by atoms with van der Waals surface area (Å²) in [6.45, 7) is 0.788. The third-order valence-corrected chi connectivity index (χ3v) is 4.25. The van der Waals surface area contributed by atoms with Gasteiger partial charge < -0.3 is 14.5 Å². The molecule has 1 fully saturated rings. The molecule has 1 heterocycles. The highest BCUT2D eigenvalue weighted by Gasteiger charge is 2.43. The van der Waals surface area contributed by atoms with E-state index in [0.29, 0.717) is 11.1 Å². The van der Waals surface area contributed by atoms with Gasteiger partial charge in [0.05, 0.1) is 11.6 Å². The SMILES string of the molecule is CC(C#N)(NC(=O)COC(=O)Cn1c(=O)oc2ccccc21)C1CC1. The number of carbonyl (C=O) groups excluding carboxylic acids is 2. The Morgan fingerprint density at radius 2 is 2.16 bits per heavy atom. The van der Waals surface area contributed by atoms with Gasteiger partial charge >= 0.3 is 11.7 Å².